The van der Waals surface area contributed by atoms with Crippen molar-refractivity contribution < 1.29 is 24.0 Å². The molecule has 2 rings (SSSR count). The maximum absolute atomic E-state index is 12.3. The highest BCUT2D eigenvalue weighted by Crippen LogP contribution is 2.21. The molecule has 1 heterocycles. The topological polar surface area (TPSA) is 114 Å². The van der Waals surface area contributed by atoms with Gasteiger partial charge in [0.25, 0.3) is 0 Å². The fourth-order valence-corrected chi connectivity index (χ4v) is 2.51. The number of methoxy groups -OCH3 is 1. The first-order valence-corrected chi connectivity index (χ1v) is 7.80. The van der Waals surface area contributed by atoms with E-state index >= 15 is 0 Å². The van der Waals surface area contributed by atoms with E-state index < -0.39 is 17.0 Å². The van der Waals surface area contributed by atoms with Crippen LogP contribution in [0.5, 0.6) is 5.75 Å². The molecule has 0 radical (unpaired) electrons. The molecule has 26 heavy (non-hydrogen) atoms. The number of nitrogens with zero attached hydrogens (tertiary/aromatic N) is 3. The van der Waals surface area contributed by atoms with Crippen molar-refractivity contribution >= 4 is 17.4 Å². The van der Waals surface area contributed by atoms with E-state index in [2.05, 4.69) is 5.10 Å². The monoisotopic (exact) mass is 361 g/mol. The zero-order valence-electron chi connectivity index (χ0n) is 14.9. The van der Waals surface area contributed by atoms with Gasteiger partial charge in [-0.3, -0.25) is 24.4 Å². The van der Waals surface area contributed by atoms with Crippen LogP contribution in [0.3, 0.4) is 0 Å². The molecule has 1 aromatic carbocycles. The number of aryl methyl sites for hydroxylation is 1. The molecule has 9 nitrogen and oxygen atoms in total. The average molecular weight is 361 g/mol. The smallest absolute Gasteiger partial charge is 0.328 e. The van der Waals surface area contributed by atoms with E-state index in [1.165, 1.54) is 32.6 Å². The molecule has 0 N–H and O–H groups in total. The summed E-state index contributed by atoms with van der Waals surface area (Å²) in [7, 11) is 1.52. The van der Waals surface area contributed by atoms with Crippen LogP contribution in [0.15, 0.2) is 24.3 Å². The van der Waals surface area contributed by atoms with E-state index in [-0.39, 0.29) is 29.4 Å². The molecule has 0 saturated carbocycles. The van der Waals surface area contributed by atoms with E-state index in [4.69, 9.17) is 9.47 Å². The Bertz CT molecular complexity index is 841. The Labute approximate surface area is 149 Å². The standard InChI is InChI=1S/C17H19N3O6/c1-10-16(20(23)24)11(2)19(18-10)9-15(21)26-12(3)17(22)13-5-7-14(25-4)8-6-13/h5-8,12H,9H2,1-4H3/t12-/m1/s1. The molecule has 0 amide bonds. The largest absolute Gasteiger partial charge is 0.497 e. The van der Waals surface area contributed by atoms with Crippen molar-refractivity contribution in [1.82, 2.24) is 9.78 Å². The van der Waals surface area contributed by atoms with Gasteiger partial charge >= 0.3 is 11.7 Å². The summed E-state index contributed by atoms with van der Waals surface area (Å²) < 4.78 is 11.4. The van der Waals surface area contributed by atoms with Crippen molar-refractivity contribution in [3.63, 3.8) is 0 Å². The first kappa shape index (κ1) is 19.1. The first-order chi connectivity index (χ1) is 12.2. The van der Waals surface area contributed by atoms with Crippen LogP contribution in [0.4, 0.5) is 5.69 Å². The molecule has 0 spiro atoms. The Hall–Kier alpha value is -3.23. The molecule has 0 saturated heterocycles. The van der Waals surface area contributed by atoms with Gasteiger partial charge in [0.15, 0.2) is 6.10 Å². The molecule has 138 valence electrons. The van der Waals surface area contributed by atoms with Crippen LogP contribution in [0.25, 0.3) is 0 Å². The molecule has 0 fully saturated rings. The van der Waals surface area contributed by atoms with Gasteiger partial charge in [0.05, 0.1) is 12.0 Å². The third-order valence-corrected chi connectivity index (χ3v) is 3.86. The van der Waals surface area contributed by atoms with Gasteiger partial charge in [0.1, 0.15) is 23.7 Å². The number of hydrogen-bond donors (Lipinski definition) is 0. The van der Waals surface area contributed by atoms with Crippen LogP contribution >= 0.6 is 0 Å². The minimum atomic E-state index is -0.997. The molecule has 0 aliphatic heterocycles. The highest BCUT2D eigenvalue weighted by Gasteiger charge is 2.25. The van der Waals surface area contributed by atoms with E-state index in [9.17, 15) is 19.7 Å². The predicted octanol–water partition coefficient (Wildman–Crippen LogP) is 2.23. The molecular formula is C17H19N3O6. The maximum Gasteiger partial charge on any atom is 0.328 e. The molecule has 2 aromatic rings. The molecule has 0 aliphatic carbocycles. The van der Waals surface area contributed by atoms with Crippen molar-refractivity contribution in [2.45, 2.75) is 33.4 Å². The van der Waals surface area contributed by atoms with E-state index in [0.717, 1.165) is 0 Å². The second kappa shape index (κ2) is 7.77. The molecular weight excluding hydrogens is 342 g/mol. The van der Waals surface area contributed by atoms with Crippen molar-refractivity contribution in [2.75, 3.05) is 7.11 Å². The molecule has 1 atom stereocenters. The first-order valence-electron chi connectivity index (χ1n) is 7.80. The number of aromatic nitrogens is 2. The van der Waals surface area contributed by atoms with Crippen molar-refractivity contribution in [3.8, 4) is 5.75 Å². The highest BCUT2D eigenvalue weighted by molar-refractivity contribution is 6.00. The van der Waals surface area contributed by atoms with E-state index in [1.807, 2.05) is 0 Å². The lowest BCUT2D eigenvalue weighted by atomic mass is 10.1. The Morgan fingerprint density at radius 2 is 1.88 bits per heavy atom. The Morgan fingerprint density at radius 1 is 1.27 bits per heavy atom. The van der Waals surface area contributed by atoms with Gasteiger partial charge in [0.2, 0.25) is 5.78 Å². The lowest BCUT2D eigenvalue weighted by Gasteiger charge is -2.13. The van der Waals surface area contributed by atoms with Crippen LogP contribution in [-0.4, -0.2) is 39.7 Å². The minimum Gasteiger partial charge on any atom is -0.497 e. The summed E-state index contributed by atoms with van der Waals surface area (Å²) in [5.74, 6) is -0.461. The highest BCUT2D eigenvalue weighted by atomic mass is 16.6. The van der Waals surface area contributed by atoms with E-state index in [1.54, 1.807) is 24.3 Å². The summed E-state index contributed by atoms with van der Waals surface area (Å²) in [5.41, 5.74) is 0.703. The van der Waals surface area contributed by atoms with Crippen molar-refractivity contribution in [1.29, 1.82) is 0 Å². The quantitative estimate of drug-likeness (QED) is 0.321. The Balaban J connectivity index is 2.04. The molecule has 1 aromatic heterocycles. The number of benzene rings is 1. The van der Waals surface area contributed by atoms with Crippen LogP contribution in [0, 0.1) is 24.0 Å². The lowest BCUT2D eigenvalue weighted by molar-refractivity contribution is -0.386. The number of nitro groups is 1. The second-order valence-corrected chi connectivity index (χ2v) is 5.66. The number of esters is 1. The van der Waals surface area contributed by atoms with Gasteiger partial charge in [-0.25, -0.2) is 0 Å². The van der Waals surface area contributed by atoms with Crippen LogP contribution in [0.2, 0.25) is 0 Å². The van der Waals surface area contributed by atoms with Gasteiger partial charge < -0.3 is 9.47 Å². The van der Waals surface area contributed by atoms with E-state index in [0.29, 0.717) is 11.3 Å². The molecule has 9 heteroatoms. The van der Waals surface area contributed by atoms with Crippen LogP contribution in [0.1, 0.15) is 28.7 Å². The zero-order chi connectivity index (χ0) is 19.4. The molecule has 0 unspecified atom stereocenters. The fraction of sp³-hybridized carbons (Fsp3) is 0.353. The van der Waals surface area contributed by atoms with Crippen LogP contribution in [-0.2, 0) is 16.1 Å². The summed E-state index contributed by atoms with van der Waals surface area (Å²) in [6.07, 6.45) is -0.997. The normalized spacial score (nSPS) is 11.7. The van der Waals surface area contributed by atoms with Gasteiger partial charge in [-0.05, 0) is 45.0 Å². The Morgan fingerprint density at radius 3 is 2.38 bits per heavy atom. The summed E-state index contributed by atoms with van der Waals surface area (Å²) in [6.45, 7) is 4.13. The molecule has 0 bridgehead atoms. The molecule has 0 aliphatic rings. The average Bonchev–Trinajstić information content (AvgIpc) is 2.87. The predicted molar refractivity (Wildman–Crippen MR) is 91.2 cm³/mol. The summed E-state index contributed by atoms with van der Waals surface area (Å²) in [5, 5.41) is 15.0. The third kappa shape index (κ3) is 4.05. The summed E-state index contributed by atoms with van der Waals surface area (Å²) in [4.78, 5) is 34.8. The summed E-state index contributed by atoms with van der Waals surface area (Å²) >= 11 is 0. The Kier molecular flexibility index (Phi) is 5.71. The number of carbonyl (C=O) groups is 2. The third-order valence-electron chi connectivity index (χ3n) is 3.86. The van der Waals surface area contributed by atoms with Gasteiger partial charge in [0, 0.05) is 5.56 Å². The fourth-order valence-electron chi connectivity index (χ4n) is 2.51. The van der Waals surface area contributed by atoms with Crippen LogP contribution < -0.4 is 4.74 Å². The van der Waals surface area contributed by atoms with Crippen molar-refractivity contribution in [2.24, 2.45) is 0 Å². The number of ketones is 1. The maximum atomic E-state index is 12.3. The van der Waals surface area contributed by atoms with Gasteiger partial charge in [-0.15, -0.1) is 0 Å². The SMILES string of the molecule is COc1ccc(C(=O)[C@@H](C)OC(=O)Cn2nc(C)c([N+](=O)[O-])c2C)cc1. The number of ether oxygens (including phenoxy) is 2. The number of rotatable bonds is 7. The lowest BCUT2D eigenvalue weighted by Crippen LogP contribution is -2.27. The van der Waals surface area contributed by atoms with Gasteiger partial charge in [-0.1, -0.05) is 0 Å². The summed E-state index contributed by atoms with van der Waals surface area (Å²) in [6, 6.07) is 6.43. The minimum absolute atomic E-state index is 0.139. The van der Waals surface area contributed by atoms with Gasteiger partial charge in [-0.2, -0.15) is 5.10 Å². The number of hydrogen-bond acceptors (Lipinski definition) is 7. The second-order valence-electron chi connectivity index (χ2n) is 5.66. The number of Topliss-reactive ketones (excluding diaryl/α,β-unsaturated/α-hetero) is 1. The van der Waals surface area contributed by atoms with Crippen molar-refractivity contribution in [3.05, 3.63) is 51.3 Å². The number of carbonyl (C=O) groups excluding carboxylic acids is 2. The zero-order valence-corrected chi connectivity index (χ0v) is 14.9.